The summed E-state index contributed by atoms with van der Waals surface area (Å²) in [6, 6.07) is 15.8. The van der Waals surface area contributed by atoms with E-state index in [0.717, 1.165) is 30.1 Å². The molecule has 2 heterocycles. The van der Waals surface area contributed by atoms with E-state index in [-0.39, 0.29) is 40.6 Å². The molecule has 0 aliphatic carbocycles. The summed E-state index contributed by atoms with van der Waals surface area (Å²) in [5.74, 6) is -2.48. The maximum Gasteiger partial charge on any atom is 0.337 e. The van der Waals surface area contributed by atoms with Crippen LogP contribution in [0.3, 0.4) is 0 Å². The van der Waals surface area contributed by atoms with E-state index in [0.29, 0.717) is 18.5 Å². The van der Waals surface area contributed by atoms with Crippen LogP contribution in [0.25, 0.3) is 0 Å². The van der Waals surface area contributed by atoms with Crippen molar-refractivity contribution in [2.75, 3.05) is 20.2 Å². The zero-order valence-corrected chi connectivity index (χ0v) is 22.8. The predicted molar refractivity (Wildman–Crippen MR) is 145 cm³/mol. The minimum Gasteiger partial charge on any atom is -0.466 e. The maximum absolute atomic E-state index is 13.7. The van der Waals surface area contributed by atoms with Crippen LogP contribution in [0.5, 0.6) is 0 Å². The minimum atomic E-state index is -1.03. The van der Waals surface area contributed by atoms with Gasteiger partial charge in [0.25, 0.3) is 5.69 Å². The highest BCUT2D eigenvalue weighted by molar-refractivity contribution is 5.99. The molecule has 11 heteroatoms. The van der Waals surface area contributed by atoms with Gasteiger partial charge in [-0.05, 0) is 44.4 Å². The number of carbonyl (C=O) groups excluding carboxylic acids is 2. The number of benzene rings is 2. The van der Waals surface area contributed by atoms with Gasteiger partial charge in [-0.3, -0.25) is 20.2 Å². The molecule has 2 unspecified atom stereocenters. The number of likely N-dealkylation sites (tertiary alicyclic amines) is 1. The quantitative estimate of drug-likeness (QED) is 0.292. The van der Waals surface area contributed by atoms with Crippen LogP contribution in [0, 0.1) is 10.1 Å². The maximum atomic E-state index is 13.7. The van der Waals surface area contributed by atoms with Gasteiger partial charge >= 0.3 is 11.9 Å². The summed E-state index contributed by atoms with van der Waals surface area (Å²) >= 11 is 0. The molecule has 10 nitrogen and oxygen atoms in total. The van der Waals surface area contributed by atoms with Crippen molar-refractivity contribution >= 4 is 30.0 Å². The highest BCUT2D eigenvalue weighted by atomic mass is 35.5. The van der Waals surface area contributed by atoms with E-state index in [1.54, 1.807) is 13.0 Å². The third-order valence-corrected chi connectivity index (χ3v) is 7.02. The molecule has 2 aromatic rings. The summed E-state index contributed by atoms with van der Waals surface area (Å²) < 4.78 is 10.9. The molecule has 1 fully saturated rings. The molecule has 208 valence electrons. The predicted octanol–water partition coefficient (Wildman–Crippen LogP) is 4.73. The highest BCUT2D eigenvalue weighted by Gasteiger charge is 2.41. The van der Waals surface area contributed by atoms with Gasteiger partial charge in [0.2, 0.25) is 0 Å². The number of non-ortho nitro benzene ring substituents is 1. The Hall–Kier alpha value is -3.73. The summed E-state index contributed by atoms with van der Waals surface area (Å²) in [7, 11) is 1.20. The number of nitro groups is 1. The van der Waals surface area contributed by atoms with Gasteiger partial charge in [0, 0.05) is 25.2 Å². The average Bonchev–Trinajstić information content (AvgIpc) is 2.92. The lowest BCUT2D eigenvalue weighted by atomic mass is 9.80. The fourth-order valence-corrected chi connectivity index (χ4v) is 5.14. The van der Waals surface area contributed by atoms with E-state index in [9.17, 15) is 24.9 Å². The number of hydrogen-bond acceptors (Lipinski definition) is 9. The summed E-state index contributed by atoms with van der Waals surface area (Å²) in [4.78, 5) is 39.7. The molecule has 0 spiro atoms. The Bertz CT molecular complexity index is 1300. The van der Waals surface area contributed by atoms with E-state index >= 15 is 0 Å². The van der Waals surface area contributed by atoms with Crippen LogP contribution < -0.4 is 0 Å². The molecule has 2 aromatic carbocycles. The molecule has 1 saturated heterocycles. The Morgan fingerprint density at radius 2 is 1.72 bits per heavy atom. The lowest BCUT2D eigenvalue weighted by molar-refractivity contribution is -0.384. The number of allylic oxidation sites excluding steroid dienone is 2. The number of ether oxygens (including phenoxy) is 2. The van der Waals surface area contributed by atoms with Crippen LogP contribution in [0.2, 0.25) is 0 Å². The summed E-state index contributed by atoms with van der Waals surface area (Å²) in [5.41, 5.74) is 1.68. The second-order valence-electron chi connectivity index (χ2n) is 9.48. The average molecular weight is 558 g/mol. The Balaban J connectivity index is 0.00000420. The number of nitrogens with zero attached hydrogens (tertiary/aromatic N) is 3. The summed E-state index contributed by atoms with van der Waals surface area (Å²) in [6.45, 7) is 5.20. The largest absolute Gasteiger partial charge is 0.466 e. The van der Waals surface area contributed by atoms with E-state index < -0.39 is 28.9 Å². The number of methoxy groups -OCH3 is 1. The van der Waals surface area contributed by atoms with Crippen LogP contribution in [-0.4, -0.2) is 58.3 Å². The van der Waals surface area contributed by atoms with Crippen LogP contribution in [0.4, 0.5) is 5.69 Å². The van der Waals surface area contributed by atoms with Gasteiger partial charge in [-0.25, -0.2) is 14.7 Å². The number of halogens is 1. The fraction of sp³-hybridized carbons (Fsp3) is 0.357. The molecule has 0 aromatic heterocycles. The molecule has 4 rings (SSSR count). The minimum absolute atomic E-state index is 0. The third-order valence-electron chi connectivity index (χ3n) is 7.02. The summed E-state index contributed by atoms with van der Waals surface area (Å²) in [6.07, 6.45) is 1.12. The van der Waals surface area contributed by atoms with Crippen molar-refractivity contribution in [3.8, 4) is 0 Å². The van der Waals surface area contributed by atoms with Crippen LogP contribution in [0.1, 0.15) is 43.7 Å². The van der Waals surface area contributed by atoms with Crippen LogP contribution in [-0.2, 0) is 25.6 Å². The highest BCUT2D eigenvalue weighted by Crippen LogP contribution is 2.43. The number of carbonyl (C=O) groups is 2. The Labute approximate surface area is 233 Å². The number of esters is 2. The van der Waals surface area contributed by atoms with Crippen molar-refractivity contribution in [1.29, 1.82) is 0 Å². The lowest BCUT2D eigenvalue weighted by Gasteiger charge is -2.36. The Kier molecular flexibility index (Phi) is 9.85. The van der Waals surface area contributed by atoms with E-state index in [1.165, 1.54) is 32.2 Å². The van der Waals surface area contributed by atoms with Gasteiger partial charge in [-0.2, -0.15) is 0 Å². The Morgan fingerprint density at radius 1 is 1.05 bits per heavy atom. The molecule has 2 aliphatic rings. The molecule has 2 aliphatic heterocycles. The molecule has 39 heavy (non-hydrogen) atoms. The monoisotopic (exact) mass is 557 g/mol. The Morgan fingerprint density at radius 3 is 2.36 bits per heavy atom. The van der Waals surface area contributed by atoms with Crippen LogP contribution >= 0.6 is 12.4 Å². The zero-order chi connectivity index (χ0) is 27.4. The normalized spacial score (nSPS) is 19.8. The first kappa shape index (κ1) is 29.8. The molecule has 0 radical (unpaired) electrons. The smallest absolute Gasteiger partial charge is 0.337 e. The standard InChI is InChI=1S/C28H31N3O7.ClH/c1-18-24(27(32)37-3)26(21-11-7-12-22(15-21)31(35)36)25(19(2)30(18)34)28(33)38-23-13-8-14-29(17-23)16-20-9-5-4-6-10-20;/h4-7,9-12,15,23,26,34H,8,13-14,16-17H2,1-3H3;1H. The SMILES string of the molecule is COC(=O)C1=C(C)N(O)C(C)=C(C(=O)OC2CCCN(Cc3ccccc3)C2)C1c1cccc([N+](=O)[O-])c1.Cl. The van der Waals surface area contributed by atoms with Gasteiger partial charge in [0.05, 0.1) is 40.5 Å². The second-order valence-corrected chi connectivity index (χ2v) is 9.48. The number of hydrogen-bond donors (Lipinski definition) is 1. The van der Waals surface area contributed by atoms with E-state index in [2.05, 4.69) is 4.90 Å². The first-order chi connectivity index (χ1) is 18.2. The van der Waals surface area contributed by atoms with Crippen molar-refractivity contribution in [2.45, 2.75) is 45.3 Å². The van der Waals surface area contributed by atoms with E-state index in [1.807, 2.05) is 30.3 Å². The molecule has 1 N–H and O–H groups in total. The molecule has 0 saturated carbocycles. The van der Waals surface area contributed by atoms with Crippen molar-refractivity contribution in [1.82, 2.24) is 9.96 Å². The topological polar surface area (TPSA) is 122 Å². The lowest BCUT2D eigenvalue weighted by Crippen LogP contribution is -2.41. The number of rotatable bonds is 7. The fourth-order valence-electron chi connectivity index (χ4n) is 5.14. The van der Waals surface area contributed by atoms with Crippen molar-refractivity contribution in [3.63, 3.8) is 0 Å². The van der Waals surface area contributed by atoms with Gasteiger partial charge in [0.15, 0.2) is 0 Å². The van der Waals surface area contributed by atoms with Crippen molar-refractivity contribution in [2.24, 2.45) is 0 Å². The molecule has 2 atom stereocenters. The zero-order valence-electron chi connectivity index (χ0n) is 22.0. The number of piperidine rings is 1. The molecule has 0 bridgehead atoms. The van der Waals surface area contributed by atoms with Gasteiger partial charge in [-0.1, -0.05) is 42.5 Å². The van der Waals surface area contributed by atoms with E-state index in [4.69, 9.17) is 9.47 Å². The molecule has 0 amide bonds. The number of nitro benzene ring substituents is 1. The number of hydroxylamine groups is 2. The van der Waals surface area contributed by atoms with Gasteiger partial charge < -0.3 is 9.47 Å². The molecular weight excluding hydrogens is 526 g/mol. The van der Waals surface area contributed by atoms with Crippen LogP contribution in [0.15, 0.2) is 77.1 Å². The van der Waals surface area contributed by atoms with Gasteiger partial charge in [-0.15, -0.1) is 12.4 Å². The van der Waals surface area contributed by atoms with Crippen molar-refractivity contribution in [3.05, 3.63) is 98.4 Å². The van der Waals surface area contributed by atoms with Gasteiger partial charge in [0.1, 0.15) is 6.10 Å². The first-order valence-electron chi connectivity index (χ1n) is 12.4. The second kappa shape index (κ2) is 12.9. The molecular formula is C28H32ClN3O7. The summed E-state index contributed by atoms with van der Waals surface area (Å²) in [5, 5.41) is 23.0. The first-order valence-corrected chi connectivity index (χ1v) is 12.4. The van der Waals surface area contributed by atoms with Crippen molar-refractivity contribution < 1.29 is 29.2 Å². The third kappa shape index (κ3) is 6.47.